The number of carbonyl (C=O) groups is 2. The minimum absolute atomic E-state index is 0.288. The van der Waals surface area contributed by atoms with Crippen LogP contribution in [0.1, 0.15) is 15.9 Å². The van der Waals surface area contributed by atoms with E-state index in [1.165, 1.54) is 24.5 Å². The van der Waals surface area contributed by atoms with E-state index >= 15 is 0 Å². The minimum Gasteiger partial charge on any atom is -0.476 e. The van der Waals surface area contributed by atoms with Crippen molar-refractivity contribution in [3.8, 4) is 11.5 Å². The molecule has 7 heteroatoms. The van der Waals surface area contributed by atoms with Crippen molar-refractivity contribution < 1.29 is 19.4 Å². The number of hydrogen-bond donors (Lipinski definition) is 2. The number of carboxylic acids is 1. The van der Waals surface area contributed by atoms with E-state index < -0.39 is 11.9 Å². The lowest BCUT2D eigenvalue weighted by Crippen LogP contribution is -2.24. The van der Waals surface area contributed by atoms with E-state index in [0.717, 1.165) is 0 Å². The van der Waals surface area contributed by atoms with Crippen molar-refractivity contribution >= 4 is 17.6 Å². The molecule has 0 aliphatic carbocycles. The first-order chi connectivity index (χ1) is 13.1. The number of carboxylic acid groups (broad SMARTS) is 1. The van der Waals surface area contributed by atoms with Gasteiger partial charge in [-0.25, -0.2) is 10.2 Å². The number of rotatable bonds is 6. The fourth-order valence-electron chi connectivity index (χ4n) is 2.22. The van der Waals surface area contributed by atoms with Crippen LogP contribution in [-0.4, -0.2) is 27.7 Å². The number of nitrogens with one attached hydrogen (secondary N) is 1. The van der Waals surface area contributed by atoms with E-state index in [4.69, 9.17) is 4.74 Å². The molecule has 0 saturated carbocycles. The molecule has 1 heterocycles. The smallest absolute Gasteiger partial charge is 0.356 e. The van der Waals surface area contributed by atoms with Crippen molar-refractivity contribution in [2.45, 2.75) is 0 Å². The first-order valence-electron chi connectivity index (χ1n) is 7.98. The second-order valence-electron chi connectivity index (χ2n) is 5.38. The summed E-state index contributed by atoms with van der Waals surface area (Å²) in [6, 6.07) is 18.6. The third-order valence-electron chi connectivity index (χ3n) is 3.52. The summed E-state index contributed by atoms with van der Waals surface area (Å²) in [6.45, 7) is 0. The first-order valence-corrected chi connectivity index (χ1v) is 7.98. The maximum Gasteiger partial charge on any atom is 0.356 e. The van der Waals surface area contributed by atoms with Crippen LogP contribution in [0.25, 0.3) is 0 Å². The molecule has 27 heavy (non-hydrogen) atoms. The number of aliphatic carboxylic acids is 1. The third-order valence-corrected chi connectivity index (χ3v) is 3.52. The van der Waals surface area contributed by atoms with E-state index in [9.17, 15) is 14.7 Å². The van der Waals surface area contributed by atoms with Gasteiger partial charge < -0.3 is 9.84 Å². The monoisotopic (exact) mass is 361 g/mol. The second-order valence-corrected chi connectivity index (χ2v) is 5.38. The Hall–Kier alpha value is -4.00. The Balaban J connectivity index is 1.74. The molecule has 0 spiro atoms. The molecule has 1 amide bonds. The van der Waals surface area contributed by atoms with Crippen LogP contribution >= 0.6 is 0 Å². The number of aromatic nitrogens is 1. The van der Waals surface area contributed by atoms with Crippen molar-refractivity contribution in [1.29, 1.82) is 0 Å². The highest BCUT2D eigenvalue weighted by molar-refractivity contribution is 6.42. The van der Waals surface area contributed by atoms with Gasteiger partial charge in [0.05, 0.1) is 0 Å². The fraction of sp³-hybridized carbons (Fsp3) is 0. The van der Waals surface area contributed by atoms with E-state index in [1.807, 2.05) is 30.3 Å². The van der Waals surface area contributed by atoms with Crippen LogP contribution in [0, 0.1) is 0 Å². The Bertz CT molecular complexity index is 956. The van der Waals surface area contributed by atoms with Gasteiger partial charge in [0, 0.05) is 23.5 Å². The maximum absolute atomic E-state index is 12.0. The van der Waals surface area contributed by atoms with E-state index in [0.29, 0.717) is 22.6 Å². The zero-order valence-electron chi connectivity index (χ0n) is 14.1. The van der Waals surface area contributed by atoms with Gasteiger partial charge in [0.25, 0.3) is 5.91 Å². The number of amides is 1. The Morgan fingerprint density at radius 2 is 1.48 bits per heavy atom. The molecule has 1 aromatic heterocycles. The molecule has 0 bridgehead atoms. The number of hydrogen-bond acceptors (Lipinski definition) is 5. The van der Waals surface area contributed by atoms with Gasteiger partial charge >= 0.3 is 5.97 Å². The normalized spacial score (nSPS) is 10.9. The molecule has 2 aromatic carbocycles. The van der Waals surface area contributed by atoms with E-state index in [2.05, 4.69) is 15.5 Å². The number of carbonyl (C=O) groups excluding carboxylic acids is 1. The van der Waals surface area contributed by atoms with Gasteiger partial charge in [-0.3, -0.25) is 9.78 Å². The lowest BCUT2D eigenvalue weighted by atomic mass is 10.1. The topological polar surface area (TPSA) is 101 Å². The summed E-state index contributed by atoms with van der Waals surface area (Å²) in [6.07, 6.45) is 2.92. The van der Waals surface area contributed by atoms with Crippen LogP contribution < -0.4 is 10.2 Å². The average Bonchev–Trinajstić information content (AvgIpc) is 2.70. The van der Waals surface area contributed by atoms with Crippen LogP contribution in [0.4, 0.5) is 0 Å². The standard InChI is InChI=1S/C20H15N3O4/c24-19(15-10-12-21-13-11-15)23-22-18(20(25)26)14-6-8-17(9-7-14)27-16-4-2-1-3-5-16/h1-13H,(H,23,24)(H,25,26)/b22-18-. The molecular formula is C20H15N3O4. The van der Waals surface area contributed by atoms with Gasteiger partial charge in [0.1, 0.15) is 11.5 Å². The molecule has 0 saturated heterocycles. The fourth-order valence-corrected chi connectivity index (χ4v) is 2.22. The average molecular weight is 361 g/mol. The largest absolute Gasteiger partial charge is 0.476 e. The van der Waals surface area contributed by atoms with E-state index in [1.54, 1.807) is 24.3 Å². The summed E-state index contributed by atoms with van der Waals surface area (Å²) in [5, 5.41) is 13.1. The van der Waals surface area contributed by atoms with Gasteiger partial charge in [-0.15, -0.1) is 0 Å². The quantitative estimate of drug-likeness (QED) is 0.519. The zero-order valence-corrected chi connectivity index (χ0v) is 14.1. The van der Waals surface area contributed by atoms with Crippen molar-refractivity contribution in [3.05, 3.63) is 90.3 Å². The number of nitrogens with zero attached hydrogens (tertiary/aromatic N) is 2. The summed E-state index contributed by atoms with van der Waals surface area (Å²) in [5.41, 5.74) is 2.61. The highest BCUT2D eigenvalue weighted by Crippen LogP contribution is 2.21. The molecule has 0 aliphatic rings. The van der Waals surface area contributed by atoms with Crippen LogP contribution in [0.5, 0.6) is 11.5 Å². The van der Waals surface area contributed by atoms with Crippen LogP contribution in [-0.2, 0) is 4.79 Å². The molecule has 0 aliphatic heterocycles. The first kappa shape index (κ1) is 17.8. The molecule has 0 fully saturated rings. The van der Waals surface area contributed by atoms with Crippen LogP contribution in [0.15, 0.2) is 84.2 Å². The van der Waals surface area contributed by atoms with Gasteiger partial charge in [0.15, 0.2) is 5.71 Å². The predicted octanol–water partition coefficient (Wildman–Crippen LogP) is 3.09. The maximum atomic E-state index is 12.0. The predicted molar refractivity (Wildman–Crippen MR) is 98.8 cm³/mol. The van der Waals surface area contributed by atoms with Gasteiger partial charge in [-0.2, -0.15) is 5.10 Å². The Labute approximate surface area is 155 Å². The zero-order chi connectivity index (χ0) is 19.1. The molecule has 0 atom stereocenters. The number of pyridine rings is 1. The lowest BCUT2D eigenvalue weighted by Gasteiger charge is -2.07. The Kier molecular flexibility index (Phi) is 5.54. The summed E-state index contributed by atoms with van der Waals surface area (Å²) in [5.74, 6) is -0.570. The third kappa shape index (κ3) is 4.76. The minimum atomic E-state index is -1.26. The lowest BCUT2D eigenvalue weighted by molar-refractivity contribution is -0.129. The molecule has 2 N–H and O–H groups in total. The highest BCUT2D eigenvalue weighted by atomic mass is 16.5. The second kappa shape index (κ2) is 8.39. The number of para-hydroxylation sites is 1. The van der Waals surface area contributed by atoms with Crippen LogP contribution in [0.3, 0.4) is 0 Å². The van der Waals surface area contributed by atoms with Gasteiger partial charge in [-0.1, -0.05) is 18.2 Å². The molecule has 7 nitrogen and oxygen atoms in total. The van der Waals surface area contributed by atoms with Gasteiger partial charge in [-0.05, 0) is 48.5 Å². The summed E-state index contributed by atoms with van der Waals surface area (Å²) in [7, 11) is 0. The summed E-state index contributed by atoms with van der Waals surface area (Å²) < 4.78 is 5.67. The Morgan fingerprint density at radius 3 is 2.11 bits per heavy atom. The van der Waals surface area contributed by atoms with E-state index in [-0.39, 0.29) is 5.71 Å². The molecule has 0 radical (unpaired) electrons. The molecule has 0 unspecified atom stereocenters. The Morgan fingerprint density at radius 1 is 0.852 bits per heavy atom. The molecule has 3 aromatic rings. The number of ether oxygens (including phenoxy) is 1. The summed E-state index contributed by atoms with van der Waals surface area (Å²) >= 11 is 0. The SMILES string of the molecule is O=C(O)/C(=N\NC(=O)c1ccncc1)c1ccc(Oc2ccccc2)cc1. The number of hydrazone groups is 1. The molecular weight excluding hydrogens is 346 g/mol. The van der Waals surface area contributed by atoms with Crippen molar-refractivity contribution in [1.82, 2.24) is 10.4 Å². The molecule has 3 rings (SSSR count). The number of benzene rings is 2. The van der Waals surface area contributed by atoms with Crippen LogP contribution in [0.2, 0.25) is 0 Å². The molecule has 134 valence electrons. The van der Waals surface area contributed by atoms with Crippen molar-refractivity contribution in [2.24, 2.45) is 5.10 Å². The van der Waals surface area contributed by atoms with Crippen molar-refractivity contribution in [2.75, 3.05) is 0 Å². The van der Waals surface area contributed by atoms with Crippen molar-refractivity contribution in [3.63, 3.8) is 0 Å². The summed E-state index contributed by atoms with van der Waals surface area (Å²) in [4.78, 5) is 27.3. The van der Waals surface area contributed by atoms with Gasteiger partial charge in [0.2, 0.25) is 0 Å². The highest BCUT2D eigenvalue weighted by Gasteiger charge is 2.14.